The maximum atomic E-state index is 13.1. The van der Waals surface area contributed by atoms with Gasteiger partial charge in [-0.25, -0.2) is 0 Å². The Morgan fingerprint density at radius 3 is 2.34 bits per heavy atom. The largest absolute Gasteiger partial charge is 0.465 e. The maximum absolute atomic E-state index is 13.1. The van der Waals surface area contributed by atoms with Crippen molar-refractivity contribution >= 4 is 66.0 Å². The molecule has 0 aliphatic heterocycles. The molecule has 0 bridgehead atoms. The van der Waals surface area contributed by atoms with Crippen LogP contribution in [0, 0.1) is 26.2 Å². The van der Waals surface area contributed by atoms with Crippen LogP contribution in [0.15, 0.2) is 77.6 Å². The quantitative estimate of drug-likeness (QED) is 0.110. The van der Waals surface area contributed by atoms with Gasteiger partial charge in [-0.2, -0.15) is 11.3 Å². The summed E-state index contributed by atoms with van der Waals surface area (Å²) >= 11 is 1.70. The van der Waals surface area contributed by atoms with E-state index in [0.29, 0.717) is 24.9 Å². The molecule has 1 aromatic heterocycles. The molecule has 0 N–H and O–H groups in total. The van der Waals surface area contributed by atoms with Gasteiger partial charge in [-0.15, -0.1) is 0 Å². The number of rotatable bonds is 9. The molecule has 260 valence electrons. The topological polar surface area (TPSA) is 26.3 Å². The molecule has 0 amide bonds. The van der Waals surface area contributed by atoms with Crippen molar-refractivity contribution < 1.29 is 9.53 Å². The van der Waals surface area contributed by atoms with Crippen LogP contribution in [0.2, 0.25) is 0 Å². The van der Waals surface area contributed by atoms with Gasteiger partial charge in [0.25, 0.3) is 0 Å². The fraction of sp³-hybridized carbons (Fsp3) is 0.300. The number of allylic oxidation sites excluding steroid dienone is 7. The van der Waals surface area contributed by atoms with Gasteiger partial charge in [0.05, 0.1) is 6.61 Å². The summed E-state index contributed by atoms with van der Waals surface area (Å²) in [6.07, 6.45) is 19.0. The number of esters is 1. The first-order chi connectivity index (χ1) is 25.9. The van der Waals surface area contributed by atoms with Crippen molar-refractivity contribution in [1.82, 2.24) is 0 Å². The Bertz CT molecular complexity index is 2860. The molecule has 1 heterocycles. The lowest BCUT2D eigenvalue weighted by molar-refractivity contribution is -0.143. The monoisotopic (exact) mass is 706 g/mol. The fourth-order valence-corrected chi connectivity index (χ4v) is 13.1. The molecule has 2 nitrogen and oxygen atoms in total. The predicted molar refractivity (Wildman–Crippen MR) is 222 cm³/mol. The fourth-order valence-electron chi connectivity index (χ4n) is 12.4. The Hall–Kier alpha value is -4.73. The van der Waals surface area contributed by atoms with E-state index in [2.05, 4.69) is 86.7 Å². The van der Waals surface area contributed by atoms with Crippen LogP contribution < -0.4 is 0 Å². The van der Waals surface area contributed by atoms with Crippen LogP contribution in [0.25, 0.3) is 59.8 Å². The zero-order valence-electron chi connectivity index (χ0n) is 30.8. The van der Waals surface area contributed by atoms with Gasteiger partial charge in [-0.05, 0) is 197 Å². The highest BCUT2D eigenvalue weighted by atomic mass is 32.1. The maximum Gasteiger partial charge on any atom is 0.305 e. The van der Waals surface area contributed by atoms with E-state index in [0.717, 1.165) is 44.9 Å². The molecule has 53 heavy (non-hydrogen) atoms. The smallest absolute Gasteiger partial charge is 0.305 e. The van der Waals surface area contributed by atoms with Crippen molar-refractivity contribution in [2.75, 3.05) is 6.61 Å². The molecule has 5 aromatic carbocycles. The molecule has 3 atom stereocenters. The molecule has 3 unspecified atom stereocenters. The summed E-state index contributed by atoms with van der Waals surface area (Å²) in [5.74, 6) is 0.764. The Labute approximate surface area is 314 Å². The van der Waals surface area contributed by atoms with Crippen LogP contribution in [0.3, 0.4) is 0 Å². The van der Waals surface area contributed by atoms with Crippen LogP contribution in [0.4, 0.5) is 0 Å². The lowest BCUT2D eigenvalue weighted by atomic mass is 9.81. The zero-order chi connectivity index (χ0) is 35.5. The van der Waals surface area contributed by atoms with Gasteiger partial charge in [0.2, 0.25) is 0 Å². The first-order valence-electron chi connectivity index (χ1n) is 19.8. The zero-order valence-corrected chi connectivity index (χ0v) is 31.6. The van der Waals surface area contributed by atoms with Crippen molar-refractivity contribution in [3.8, 4) is 11.1 Å². The standard InChI is InChI=1S/C50H42O2S/c1-5-10-29-20-31-22-34-43-44-35(49-48(34)50(49,33-11-7-6-8-12-33)16-9-13-36(51)52-17-14-28-15-18-53-24-28)23-32-21-30-19-25(2)26(3)38-39-27(4)37(29)40(31)46(43)45(39)47(44)42(32)41(30)38/h5,7,10-12,15,18-19,22-24,48-49H,1,6,8-9,13-14,16-17,20-21H2,2-4H3/b29-10-. The summed E-state index contributed by atoms with van der Waals surface area (Å²) in [6, 6.07) is 9.93. The second-order valence-corrected chi connectivity index (χ2v) is 17.6. The predicted octanol–water partition coefficient (Wildman–Crippen LogP) is 12.7. The third kappa shape index (κ3) is 3.68. The lowest BCUT2D eigenvalue weighted by Gasteiger charge is -2.23. The van der Waals surface area contributed by atoms with Gasteiger partial charge in [0, 0.05) is 30.1 Å². The van der Waals surface area contributed by atoms with E-state index in [4.69, 9.17) is 4.74 Å². The number of carbonyl (C=O) groups excluding carboxylic acids is 1. The van der Waals surface area contributed by atoms with E-state index in [1.54, 1.807) is 39.0 Å². The van der Waals surface area contributed by atoms with E-state index in [1.807, 2.05) is 6.08 Å². The first kappa shape index (κ1) is 30.7. The van der Waals surface area contributed by atoms with Crippen molar-refractivity contribution in [2.45, 2.75) is 84.0 Å². The van der Waals surface area contributed by atoms with Crippen LogP contribution in [-0.4, -0.2) is 12.6 Å². The van der Waals surface area contributed by atoms with Crippen molar-refractivity contribution in [3.05, 3.63) is 133 Å². The van der Waals surface area contributed by atoms with Crippen molar-refractivity contribution in [2.24, 2.45) is 5.41 Å². The van der Waals surface area contributed by atoms with Gasteiger partial charge in [-0.3, -0.25) is 4.79 Å². The Morgan fingerprint density at radius 2 is 1.60 bits per heavy atom. The Kier molecular flexibility index (Phi) is 6.07. The summed E-state index contributed by atoms with van der Waals surface area (Å²) in [6.45, 7) is 11.7. The lowest BCUT2D eigenvalue weighted by Crippen LogP contribution is -2.12. The SMILES string of the molecule is C=C/C=C1/Cc2cc3c4c5c2c1c(C)c1c2c(C)c(C)cc6c2c2c(cc(c-4c2c51)C1C3C1(CCCC(=O)OCCc1ccsc1)C1=CCCC=C1)C6. The molecule has 3 heteroatoms. The van der Waals surface area contributed by atoms with E-state index in [-0.39, 0.29) is 11.4 Å². The third-order valence-electron chi connectivity index (χ3n) is 14.5. The van der Waals surface area contributed by atoms with Crippen LogP contribution in [0.1, 0.15) is 99.6 Å². The molecule has 0 radical (unpaired) electrons. The summed E-state index contributed by atoms with van der Waals surface area (Å²) in [4.78, 5) is 13.1. The second-order valence-electron chi connectivity index (χ2n) is 16.8. The normalized spacial score (nSPS) is 22.6. The van der Waals surface area contributed by atoms with Crippen molar-refractivity contribution in [1.29, 1.82) is 0 Å². The molecule has 6 aliphatic rings. The van der Waals surface area contributed by atoms with Crippen molar-refractivity contribution in [3.63, 3.8) is 0 Å². The second kappa shape index (κ2) is 10.5. The van der Waals surface area contributed by atoms with E-state index >= 15 is 0 Å². The Balaban J connectivity index is 1.08. The van der Waals surface area contributed by atoms with Gasteiger partial charge < -0.3 is 4.74 Å². The van der Waals surface area contributed by atoms with E-state index in [1.165, 1.54) is 93.4 Å². The van der Waals surface area contributed by atoms with Gasteiger partial charge in [0.15, 0.2) is 0 Å². The van der Waals surface area contributed by atoms with Crippen LogP contribution in [0.5, 0.6) is 0 Å². The highest BCUT2D eigenvalue weighted by molar-refractivity contribution is 7.07. The molecule has 0 saturated heterocycles. The number of hydrogen-bond acceptors (Lipinski definition) is 3. The molecule has 1 fully saturated rings. The third-order valence-corrected chi connectivity index (χ3v) is 15.2. The van der Waals surface area contributed by atoms with Gasteiger partial charge in [-0.1, -0.05) is 55.2 Å². The molecule has 6 aromatic rings. The number of ether oxygens (including phenoxy) is 1. The first-order valence-corrected chi connectivity index (χ1v) is 20.7. The average molecular weight is 707 g/mol. The highest BCUT2D eigenvalue weighted by Crippen LogP contribution is 2.81. The number of carbonyl (C=O) groups is 1. The summed E-state index contributed by atoms with van der Waals surface area (Å²) in [5, 5.41) is 16.4. The van der Waals surface area contributed by atoms with Gasteiger partial charge in [0.1, 0.15) is 0 Å². The van der Waals surface area contributed by atoms with Gasteiger partial charge >= 0.3 is 5.97 Å². The summed E-state index contributed by atoms with van der Waals surface area (Å²) in [5.41, 5.74) is 20.7. The van der Waals surface area contributed by atoms with E-state index in [9.17, 15) is 4.79 Å². The molecule has 6 aliphatic carbocycles. The molecular formula is C50H42O2S. The average Bonchev–Trinajstić information content (AvgIpc) is 3.66. The molecular weight excluding hydrogens is 665 g/mol. The van der Waals surface area contributed by atoms with Crippen LogP contribution in [-0.2, 0) is 28.8 Å². The van der Waals surface area contributed by atoms with E-state index < -0.39 is 0 Å². The number of thiophene rings is 1. The highest BCUT2D eigenvalue weighted by Gasteiger charge is 2.69. The molecule has 0 spiro atoms. The Morgan fingerprint density at radius 1 is 0.868 bits per heavy atom. The minimum Gasteiger partial charge on any atom is -0.465 e. The minimum absolute atomic E-state index is 0.0139. The minimum atomic E-state index is -0.0590. The molecule has 1 saturated carbocycles. The summed E-state index contributed by atoms with van der Waals surface area (Å²) in [7, 11) is 0. The number of hydrogen-bond donors (Lipinski definition) is 0. The molecule has 12 rings (SSSR count). The number of fused-ring (bicyclic) bond motifs is 4. The summed E-state index contributed by atoms with van der Waals surface area (Å²) < 4.78 is 5.78. The van der Waals surface area contributed by atoms with Crippen LogP contribution >= 0.6 is 11.3 Å². The number of aryl methyl sites for hydroxylation is 3. The number of benzene rings is 5.